The number of rotatable bonds is 8. The molecule has 0 bridgehead atoms. The van der Waals surface area contributed by atoms with E-state index in [1.165, 1.54) is 10.5 Å². The van der Waals surface area contributed by atoms with E-state index in [4.69, 9.17) is 4.52 Å². The van der Waals surface area contributed by atoms with Crippen LogP contribution in [0.1, 0.15) is 43.2 Å². The predicted molar refractivity (Wildman–Crippen MR) is 127 cm³/mol. The van der Waals surface area contributed by atoms with Crippen LogP contribution in [0, 0.1) is 6.92 Å². The molecule has 0 atom stereocenters. The molecular formula is C24H27BrN4O3. The maximum absolute atomic E-state index is 12.4. The van der Waals surface area contributed by atoms with E-state index in [1.807, 2.05) is 37.3 Å². The molecule has 0 saturated heterocycles. The van der Waals surface area contributed by atoms with Gasteiger partial charge in [0.2, 0.25) is 23.5 Å². The molecular weight excluding hydrogens is 472 g/mol. The minimum absolute atomic E-state index is 0.0361. The predicted octanol–water partition coefficient (Wildman–Crippen LogP) is 4.96. The average Bonchev–Trinajstić information content (AvgIpc) is 3.23. The molecule has 0 fully saturated rings. The van der Waals surface area contributed by atoms with E-state index in [9.17, 15) is 9.59 Å². The highest BCUT2D eigenvalue weighted by molar-refractivity contribution is 9.10. The minimum Gasteiger partial charge on any atom is -0.339 e. The molecule has 0 aliphatic heterocycles. The van der Waals surface area contributed by atoms with Crippen molar-refractivity contribution in [3.05, 3.63) is 64.0 Å². The maximum atomic E-state index is 12.4. The standard InChI is InChI=1S/C24H27BrN4O3/c1-15(2)17-5-7-18(8-6-17)24-27-22(32-28-24)11-12-23(31)29(4)14-21(30)26-20-10-9-19(25)13-16(20)3/h5-10,13,15H,11-12,14H2,1-4H3,(H,26,30). The molecule has 0 aliphatic carbocycles. The second kappa shape index (κ2) is 10.5. The number of hydrogen-bond acceptors (Lipinski definition) is 5. The third-order valence-corrected chi connectivity index (χ3v) is 5.62. The van der Waals surface area contributed by atoms with Crippen molar-refractivity contribution < 1.29 is 14.1 Å². The monoisotopic (exact) mass is 498 g/mol. The molecule has 0 spiro atoms. The summed E-state index contributed by atoms with van der Waals surface area (Å²) in [5, 5.41) is 6.85. The summed E-state index contributed by atoms with van der Waals surface area (Å²) in [5.41, 5.74) is 3.77. The number of aryl methyl sites for hydroxylation is 2. The molecule has 1 aromatic heterocycles. The Hall–Kier alpha value is -3.00. The Kier molecular flexibility index (Phi) is 7.80. The van der Waals surface area contributed by atoms with E-state index in [0.717, 1.165) is 21.3 Å². The Morgan fingerprint density at radius 2 is 1.88 bits per heavy atom. The minimum atomic E-state index is -0.254. The third-order valence-electron chi connectivity index (χ3n) is 5.13. The molecule has 7 nitrogen and oxygen atoms in total. The molecule has 1 heterocycles. The highest BCUT2D eigenvalue weighted by Gasteiger charge is 2.16. The van der Waals surface area contributed by atoms with Crippen LogP contribution in [-0.2, 0) is 16.0 Å². The van der Waals surface area contributed by atoms with Gasteiger partial charge < -0.3 is 14.7 Å². The van der Waals surface area contributed by atoms with Crippen LogP contribution in [0.2, 0.25) is 0 Å². The summed E-state index contributed by atoms with van der Waals surface area (Å²) in [6.45, 7) is 6.15. The quantitative estimate of drug-likeness (QED) is 0.473. The number of aromatic nitrogens is 2. The number of halogens is 1. The first-order chi connectivity index (χ1) is 15.2. The van der Waals surface area contributed by atoms with Crippen molar-refractivity contribution in [3.63, 3.8) is 0 Å². The van der Waals surface area contributed by atoms with Gasteiger partial charge in [0, 0.05) is 35.6 Å². The van der Waals surface area contributed by atoms with Crippen molar-refractivity contribution >= 4 is 33.4 Å². The van der Waals surface area contributed by atoms with E-state index in [2.05, 4.69) is 57.4 Å². The first-order valence-corrected chi connectivity index (χ1v) is 11.2. The number of nitrogens with zero attached hydrogens (tertiary/aromatic N) is 3. The molecule has 1 N–H and O–H groups in total. The third kappa shape index (κ3) is 6.26. The fourth-order valence-corrected chi connectivity index (χ4v) is 3.63. The molecule has 0 saturated carbocycles. The van der Waals surface area contributed by atoms with Gasteiger partial charge in [-0.05, 0) is 42.2 Å². The Labute approximate surface area is 196 Å². The number of hydrogen-bond donors (Lipinski definition) is 1. The van der Waals surface area contributed by atoms with Crippen LogP contribution in [0.3, 0.4) is 0 Å². The molecule has 2 aromatic carbocycles. The van der Waals surface area contributed by atoms with Gasteiger partial charge >= 0.3 is 0 Å². The first kappa shape index (κ1) is 23.7. The van der Waals surface area contributed by atoms with Gasteiger partial charge in [0.15, 0.2) is 0 Å². The van der Waals surface area contributed by atoms with Crippen LogP contribution in [0.5, 0.6) is 0 Å². The summed E-state index contributed by atoms with van der Waals surface area (Å²) in [4.78, 5) is 30.5. The van der Waals surface area contributed by atoms with Crippen LogP contribution >= 0.6 is 15.9 Å². The van der Waals surface area contributed by atoms with Gasteiger partial charge in [-0.2, -0.15) is 4.98 Å². The number of likely N-dealkylation sites (N-methyl/N-ethyl adjacent to an activating group) is 1. The average molecular weight is 499 g/mol. The Morgan fingerprint density at radius 3 is 2.53 bits per heavy atom. The molecule has 3 aromatic rings. The van der Waals surface area contributed by atoms with E-state index < -0.39 is 0 Å². The van der Waals surface area contributed by atoms with Crippen LogP contribution < -0.4 is 5.32 Å². The number of carbonyl (C=O) groups is 2. The topological polar surface area (TPSA) is 88.3 Å². The number of carbonyl (C=O) groups excluding carboxylic acids is 2. The smallest absolute Gasteiger partial charge is 0.243 e. The maximum Gasteiger partial charge on any atom is 0.243 e. The highest BCUT2D eigenvalue weighted by atomic mass is 79.9. The normalized spacial score (nSPS) is 10.9. The first-order valence-electron chi connectivity index (χ1n) is 10.5. The van der Waals surface area contributed by atoms with Crippen molar-refractivity contribution in [2.75, 3.05) is 18.9 Å². The second-order valence-corrected chi connectivity index (χ2v) is 8.96. The van der Waals surface area contributed by atoms with Gasteiger partial charge in [-0.3, -0.25) is 9.59 Å². The van der Waals surface area contributed by atoms with Gasteiger partial charge in [0.1, 0.15) is 0 Å². The lowest BCUT2D eigenvalue weighted by Crippen LogP contribution is -2.35. The van der Waals surface area contributed by atoms with E-state index in [-0.39, 0.29) is 24.8 Å². The van der Waals surface area contributed by atoms with Gasteiger partial charge in [-0.15, -0.1) is 0 Å². The van der Waals surface area contributed by atoms with Crippen molar-refractivity contribution in [2.45, 2.75) is 39.5 Å². The fourth-order valence-electron chi connectivity index (χ4n) is 3.16. The zero-order chi connectivity index (χ0) is 23.3. The molecule has 0 aliphatic rings. The Morgan fingerprint density at radius 1 is 1.16 bits per heavy atom. The van der Waals surface area contributed by atoms with Crippen molar-refractivity contribution in [3.8, 4) is 11.4 Å². The molecule has 8 heteroatoms. The lowest BCUT2D eigenvalue weighted by atomic mass is 10.0. The van der Waals surface area contributed by atoms with Crippen LogP contribution in [-0.4, -0.2) is 40.4 Å². The molecule has 32 heavy (non-hydrogen) atoms. The summed E-state index contributed by atoms with van der Waals surface area (Å²) in [6.07, 6.45) is 0.489. The molecule has 3 rings (SSSR count). The Bertz CT molecular complexity index is 1090. The summed E-state index contributed by atoms with van der Waals surface area (Å²) in [6, 6.07) is 13.6. The van der Waals surface area contributed by atoms with Crippen LogP contribution in [0.25, 0.3) is 11.4 Å². The summed E-state index contributed by atoms with van der Waals surface area (Å²) >= 11 is 3.40. The molecule has 0 radical (unpaired) electrons. The Balaban J connectivity index is 1.50. The highest BCUT2D eigenvalue weighted by Crippen LogP contribution is 2.21. The van der Waals surface area contributed by atoms with Crippen molar-refractivity contribution in [1.29, 1.82) is 0 Å². The van der Waals surface area contributed by atoms with Crippen molar-refractivity contribution in [2.24, 2.45) is 0 Å². The fraction of sp³-hybridized carbons (Fsp3) is 0.333. The zero-order valence-electron chi connectivity index (χ0n) is 18.7. The number of nitrogens with one attached hydrogen (secondary N) is 1. The molecule has 0 unspecified atom stereocenters. The van der Waals surface area contributed by atoms with Gasteiger partial charge in [-0.1, -0.05) is 59.2 Å². The van der Waals surface area contributed by atoms with E-state index >= 15 is 0 Å². The molecule has 2 amide bonds. The lowest BCUT2D eigenvalue weighted by molar-refractivity contribution is -0.133. The largest absolute Gasteiger partial charge is 0.339 e. The molecule has 168 valence electrons. The van der Waals surface area contributed by atoms with Crippen LogP contribution in [0.4, 0.5) is 5.69 Å². The van der Waals surface area contributed by atoms with Gasteiger partial charge in [-0.25, -0.2) is 0 Å². The van der Waals surface area contributed by atoms with Gasteiger partial charge in [0.05, 0.1) is 6.54 Å². The van der Waals surface area contributed by atoms with Gasteiger partial charge in [0.25, 0.3) is 0 Å². The van der Waals surface area contributed by atoms with E-state index in [0.29, 0.717) is 24.1 Å². The second-order valence-electron chi connectivity index (χ2n) is 8.05. The zero-order valence-corrected chi connectivity index (χ0v) is 20.3. The SMILES string of the molecule is Cc1cc(Br)ccc1NC(=O)CN(C)C(=O)CCc1nc(-c2ccc(C(C)C)cc2)no1. The number of benzene rings is 2. The lowest BCUT2D eigenvalue weighted by Gasteiger charge is -2.17. The van der Waals surface area contributed by atoms with Crippen LogP contribution in [0.15, 0.2) is 51.5 Å². The van der Waals surface area contributed by atoms with Crippen molar-refractivity contribution in [1.82, 2.24) is 15.0 Å². The number of anilines is 1. The summed E-state index contributed by atoms with van der Waals surface area (Å²) in [5.74, 6) is 0.920. The van der Waals surface area contributed by atoms with E-state index in [1.54, 1.807) is 7.05 Å². The summed E-state index contributed by atoms with van der Waals surface area (Å²) < 4.78 is 6.24. The number of amides is 2. The summed E-state index contributed by atoms with van der Waals surface area (Å²) in [7, 11) is 1.60.